The first-order chi connectivity index (χ1) is 16.7. The number of nitrogens with zero attached hydrogens (tertiary/aromatic N) is 1. The molecule has 0 aliphatic carbocycles. The highest BCUT2D eigenvalue weighted by Gasteiger charge is 2.25. The molecule has 0 unspecified atom stereocenters. The monoisotopic (exact) mass is 497 g/mol. The Hall–Kier alpha value is -3.46. The number of alkyl carbamates (subject to hydrolysis) is 2. The molecule has 9 heteroatoms. The minimum absolute atomic E-state index is 0.106. The number of Topliss-reactive ketones (excluding diaryl/α,β-unsaturated/α-hetero) is 1. The molecule has 3 rings (SSSR count). The fraction of sp³-hybridized carbons (Fsp3) is 0.385. The normalized spacial score (nSPS) is 12.1. The van der Waals surface area contributed by atoms with Crippen LogP contribution >= 0.6 is 11.3 Å². The predicted octanol–water partition coefficient (Wildman–Crippen LogP) is 5.47. The molecule has 0 spiro atoms. The van der Waals surface area contributed by atoms with E-state index >= 15 is 0 Å². The maximum Gasteiger partial charge on any atom is 0.408 e. The zero-order valence-electron chi connectivity index (χ0n) is 20.2. The molecule has 0 radical (unpaired) electrons. The van der Waals surface area contributed by atoms with Crippen LogP contribution in [0.25, 0.3) is 10.2 Å². The van der Waals surface area contributed by atoms with Crippen molar-refractivity contribution in [1.29, 1.82) is 0 Å². The van der Waals surface area contributed by atoms with Gasteiger partial charge < -0.3 is 20.1 Å². The number of fused-ring (bicyclic) bond motifs is 1. The van der Waals surface area contributed by atoms with E-state index in [9.17, 15) is 14.4 Å². The second-order valence-electron chi connectivity index (χ2n) is 9.03. The van der Waals surface area contributed by atoms with Gasteiger partial charge in [0.1, 0.15) is 12.2 Å². The zero-order chi connectivity index (χ0) is 25.3. The molecule has 0 bridgehead atoms. The summed E-state index contributed by atoms with van der Waals surface area (Å²) in [5.74, 6) is -0.261. The number of benzene rings is 2. The Balaban J connectivity index is 1.58. The number of thiazole rings is 1. The van der Waals surface area contributed by atoms with Gasteiger partial charge in [0.05, 0.1) is 16.3 Å². The summed E-state index contributed by atoms with van der Waals surface area (Å²) in [5.41, 5.74) is 1.03. The average Bonchev–Trinajstić information content (AvgIpc) is 3.25. The van der Waals surface area contributed by atoms with E-state index in [2.05, 4.69) is 15.6 Å². The number of hydrogen-bond acceptors (Lipinski definition) is 7. The second kappa shape index (κ2) is 12.3. The molecule has 8 nitrogen and oxygen atoms in total. The largest absolute Gasteiger partial charge is 0.445 e. The second-order valence-corrected chi connectivity index (χ2v) is 10.1. The Morgan fingerprint density at radius 2 is 1.69 bits per heavy atom. The molecule has 186 valence electrons. The van der Waals surface area contributed by atoms with E-state index in [0.717, 1.165) is 15.8 Å². The lowest BCUT2D eigenvalue weighted by Gasteiger charge is -2.20. The van der Waals surface area contributed by atoms with Gasteiger partial charge in [0.2, 0.25) is 5.78 Å². The summed E-state index contributed by atoms with van der Waals surface area (Å²) in [6.45, 7) is 5.90. The smallest absolute Gasteiger partial charge is 0.408 e. The Labute approximate surface area is 209 Å². The van der Waals surface area contributed by atoms with Crippen LogP contribution in [0.1, 0.15) is 55.4 Å². The number of para-hydroxylation sites is 1. The fourth-order valence-corrected chi connectivity index (χ4v) is 4.24. The quantitative estimate of drug-likeness (QED) is 0.284. The van der Waals surface area contributed by atoms with Crippen LogP contribution in [0.3, 0.4) is 0 Å². The van der Waals surface area contributed by atoms with Crippen LogP contribution in [-0.4, -0.2) is 41.1 Å². The van der Waals surface area contributed by atoms with Crippen LogP contribution in [0.5, 0.6) is 0 Å². The maximum atomic E-state index is 13.2. The van der Waals surface area contributed by atoms with Crippen molar-refractivity contribution in [2.24, 2.45) is 0 Å². The van der Waals surface area contributed by atoms with Crippen LogP contribution in [0.15, 0.2) is 54.6 Å². The first kappa shape index (κ1) is 26.2. The van der Waals surface area contributed by atoms with Crippen molar-refractivity contribution in [2.75, 3.05) is 6.54 Å². The van der Waals surface area contributed by atoms with E-state index in [1.54, 1.807) is 20.8 Å². The average molecular weight is 498 g/mol. The van der Waals surface area contributed by atoms with Crippen LogP contribution < -0.4 is 10.6 Å². The standard InChI is InChI=1S/C26H31N3O5S/c1-26(2,3)34-24(31)27-16-10-9-14-20(29-25(32)33-17-18-11-5-4-6-12-18)22(30)23-28-19-13-7-8-15-21(19)35-23/h4-8,11-13,15,20H,9-10,14,16-17H2,1-3H3,(H,27,31)(H,29,32)/t20-/m0/s1. The van der Waals surface area contributed by atoms with Gasteiger partial charge in [0, 0.05) is 6.54 Å². The number of ether oxygens (including phenoxy) is 2. The van der Waals surface area contributed by atoms with Gasteiger partial charge in [-0.25, -0.2) is 14.6 Å². The van der Waals surface area contributed by atoms with E-state index in [1.165, 1.54) is 11.3 Å². The molecule has 0 fully saturated rings. The summed E-state index contributed by atoms with van der Waals surface area (Å²) in [6.07, 6.45) is 0.438. The number of amides is 2. The summed E-state index contributed by atoms with van der Waals surface area (Å²) in [4.78, 5) is 42.0. The van der Waals surface area contributed by atoms with Crippen molar-refractivity contribution in [3.8, 4) is 0 Å². The molecule has 35 heavy (non-hydrogen) atoms. The van der Waals surface area contributed by atoms with E-state index in [0.29, 0.717) is 30.8 Å². The molecule has 3 aromatic rings. The summed E-state index contributed by atoms with van der Waals surface area (Å²) in [6, 6.07) is 16.0. The third-order valence-corrected chi connectivity index (χ3v) is 5.96. The zero-order valence-corrected chi connectivity index (χ0v) is 21.0. The Morgan fingerprint density at radius 3 is 2.40 bits per heavy atom. The summed E-state index contributed by atoms with van der Waals surface area (Å²) >= 11 is 1.30. The predicted molar refractivity (Wildman–Crippen MR) is 136 cm³/mol. The molecule has 1 atom stereocenters. The minimum atomic E-state index is -0.791. The Kier molecular flexibility index (Phi) is 9.19. The number of unbranched alkanes of at least 4 members (excludes halogenated alkanes) is 1. The molecule has 1 aromatic heterocycles. The van der Waals surface area contributed by atoms with E-state index in [1.807, 2.05) is 54.6 Å². The van der Waals surface area contributed by atoms with Crippen LogP contribution in [-0.2, 0) is 16.1 Å². The van der Waals surface area contributed by atoms with Crippen LogP contribution in [0, 0.1) is 0 Å². The molecule has 0 saturated heterocycles. The van der Waals surface area contributed by atoms with Crippen molar-refractivity contribution >= 4 is 39.5 Å². The maximum absolute atomic E-state index is 13.2. The van der Waals surface area contributed by atoms with Crippen LogP contribution in [0.4, 0.5) is 9.59 Å². The molecule has 0 saturated carbocycles. The summed E-state index contributed by atoms with van der Waals surface area (Å²) in [5, 5.41) is 5.75. The van der Waals surface area contributed by atoms with Gasteiger partial charge in [-0.1, -0.05) is 42.5 Å². The van der Waals surface area contributed by atoms with Gasteiger partial charge in [-0.3, -0.25) is 4.79 Å². The molecular weight excluding hydrogens is 466 g/mol. The first-order valence-electron chi connectivity index (χ1n) is 11.5. The lowest BCUT2D eigenvalue weighted by Crippen LogP contribution is -2.41. The molecule has 1 heterocycles. The number of rotatable bonds is 10. The van der Waals surface area contributed by atoms with Crippen LogP contribution in [0.2, 0.25) is 0 Å². The van der Waals surface area contributed by atoms with Gasteiger partial charge in [0.15, 0.2) is 5.01 Å². The van der Waals surface area contributed by atoms with Crippen molar-refractivity contribution < 1.29 is 23.9 Å². The van der Waals surface area contributed by atoms with Gasteiger partial charge in [-0.05, 0) is 57.7 Å². The van der Waals surface area contributed by atoms with Crippen molar-refractivity contribution in [3.63, 3.8) is 0 Å². The summed E-state index contributed by atoms with van der Waals surface area (Å²) in [7, 11) is 0. The highest BCUT2D eigenvalue weighted by atomic mass is 32.1. The van der Waals surface area contributed by atoms with Gasteiger partial charge in [-0.2, -0.15) is 0 Å². The van der Waals surface area contributed by atoms with E-state index in [-0.39, 0.29) is 12.4 Å². The number of ketones is 1. The lowest BCUT2D eigenvalue weighted by molar-refractivity contribution is 0.0526. The van der Waals surface area contributed by atoms with Gasteiger partial charge in [0.25, 0.3) is 0 Å². The topological polar surface area (TPSA) is 107 Å². The molecule has 0 aliphatic heterocycles. The number of aromatic nitrogens is 1. The van der Waals surface area contributed by atoms with E-state index < -0.39 is 23.8 Å². The van der Waals surface area contributed by atoms with Gasteiger partial charge >= 0.3 is 12.2 Å². The Morgan fingerprint density at radius 1 is 0.971 bits per heavy atom. The highest BCUT2D eigenvalue weighted by molar-refractivity contribution is 7.20. The molecule has 0 aliphatic rings. The lowest BCUT2D eigenvalue weighted by atomic mass is 10.1. The van der Waals surface area contributed by atoms with E-state index in [4.69, 9.17) is 9.47 Å². The van der Waals surface area contributed by atoms with Crippen molar-refractivity contribution in [2.45, 2.75) is 58.3 Å². The number of nitrogens with one attached hydrogen (secondary N) is 2. The summed E-state index contributed by atoms with van der Waals surface area (Å²) < 4.78 is 11.4. The highest BCUT2D eigenvalue weighted by Crippen LogP contribution is 2.23. The SMILES string of the molecule is CC(C)(C)OC(=O)NCCCC[C@H](NC(=O)OCc1ccccc1)C(=O)c1nc2ccccc2s1. The minimum Gasteiger partial charge on any atom is -0.445 e. The molecule has 2 N–H and O–H groups in total. The van der Waals surface area contributed by atoms with Crippen molar-refractivity contribution in [3.05, 3.63) is 65.2 Å². The molecular formula is C26H31N3O5S. The number of carbonyl (C=O) groups excluding carboxylic acids is 3. The molecule has 2 aromatic carbocycles. The van der Waals surface area contributed by atoms with Crippen molar-refractivity contribution in [1.82, 2.24) is 15.6 Å². The first-order valence-corrected chi connectivity index (χ1v) is 12.4. The third-order valence-electron chi connectivity index (χ3n) is 4.91. The number of hydrogen-bond donors (Lipinski definition) is 2. The number of carbonyl (C=O) groups is 3. The van der Waals surface area contributed by atoms with Gasteiger partial charge in [-0.15, -0.1) is 11.3 Å². The molecule has 2 amide bonds. The Bertz CT molecular complexity index is 1110. The third kappa shape index (κ3) is 8.68. The fourth-order valence-electron chi connectivity index (χ4n) is 3.28.